The Balaban J connectivity index is 1.60. The van der Waals surface area contributed by atoms with Crippen molar-refractivity contribution in [2.24, 2.45) is 0 Å². The molecule has 31 heavy (non-hydrogen) atoms. The molecule has 2 aromatic carbocycles. The van der Waals surface area contributed by atoms with Crippen molar-refractivity contribution in [3.63, 3.8) is 0 Å². The molecule has 0 amide bonds. The van der Waals surface area contributed by atoms with Gasteiger partial charge in [0.25, 0.3) is 0 Å². The first-order chi connectivity index (χ1) is 15.0. The van der Waals surface area contributed by atoms with Crippen molar-refractivity contribution < 1.29 is 17.6 Å². The number of sulfonamides is 1. The third-order valence-electron chi connectivity index (χ3n) is 4.43. The van der Waals surface area contributed by atoms with Gasteiger partial charge in [-0.2, -0.15) is 0 Å². The van der Waals surface area contributed by atoms with Crippen molar-refractivity contribution in [3.05, 3.63) is 77.6 Å². The van der Waals surface area contributed by atoms with E-state index in [1.807, 2.05) is 0 Å². The van der Waals surface area contributed by atoms with Gasteiger partial charge in [-0.25, -0.2) is 13.1 Å². The van der Waals surface area contributed by atoms with Crippen LogP contribution in [0.2, 0.25) is 5.02 Å². The van der Waals surface area contributed by atoms with E-state index >= 15 is 0 Å². The summed E-state index contributed by atoms with van der Waals surface area (Å²) in [7, 11) is -2.22. The Morgan fingerprint density at radius 2 is 1.84 bits per heavy atom. The number of hydrogen-bond acceptors (Lipinski definition) is 7. The highest BCUT2D eigenvalue weighted by Gasteiger charge is 2.19. The minimum Gasteiger partial charge on any atom is -0.497 e. The van der Waals surface area contributed by atoms with Gasteiger partial charge in [-0.05, 0) is 54.1 Å². The van der Waals surface area contributed by atoms with Gasteiger partial charge in [-0.3, -0.25) is 4.98 Å². The highest BCUT2D eigenvalue weighted by molar-refractivity contribution is 7.89. The van der Waals surface area contributed by atoms with Crippen LogP contribution in [0.25, 0.3) is 22.9 Å². The number of halogens is 1. The molecule has 4 aromatic rings. The number of ether oxygens (including phenoxy) is 1. The van der Waals surface area contributed by atoms with Gasteiger partial charge in [-0.1, -0.05) is 17.7 Å². The molecule has 0 unspecified atom stereocenters. The maximum absolute atomic E-state index is 12.7. The second-order valence-electron chi connectivity index (χ2n) is 6.47. The molecule has 0 aliphatic carbocycles. The molecule has 8 nitrogen and oxygen atoms in total. The maximum Gasteiger partial charge on any atom is 0.249 e. The number of benzene rings is 2. The lowest BCUT2D eigenvalue weighted by Gasteiger charge is -2.08. The SMILES string of the molecule is COc1ccc(-c2nnc(-c3cc(S(=O)(=O)NCc4cccnc4)ccc3Cl)o2)cc1. The van der Waals surface area contributed by atoms with Crippen molar-refractivity contribution in [2.45, 2.75) is 11.4 Å². The third-order valence-corrected chi connectivity index (χ3v) is 6.16. The fourth-order valence-electron chi connectivity index (χ4n) is 2.78. The predicted molar refractivity (Wildman–Crippen MR) is 115 cm³/mol. The molecular weight excluding hydrogens is 440 g/mol. The second kappa shape index (κ2) is 8.84. The Bertz CT molecular complexity index is 1290. The predicted octanol–water partition coefficient (Wildman–Crippen LogP) is 3.94. The Labute approximate surface area is 183 Å². The van der Waals surface area contributed by atoms with Crippen molar-refractivity contribution in [3.8, 4) is 28.7 Å². The number of aromatic nitrogens is 3. The van der Waals surface area contributed by atoms with Crippen LogP contribution in [0.1, 0.15) is 5.56 Å². The number of hydrogen-bond donors (Lipinski definition) is 1. The Morgan fingerprint density at radius 3 is 2.55 bits per heavy atom. The zero-order chi connectivity index (χ0) is 21.8. The van der Waals surface area contributed by atoms with Crippen LogP contribution in [0, 0.1) is 0 Å². The molecule has 0 aliphatic heterocycles. The minimum atomic E-state index is -3.80. The van der Waals surface area contributed by atoms with Gasteiger partial charge >= 0.3 is 0 Å². The first kappa shape index (κ1) is 21.0. The summed E-state index contributed by atoms with van der Waals surface area (Å²) >= 11 is 6.28. The molecule has 158 valence electrons. The third kappa shape index (κ3) is 4.74. The van der Waals surface area contributed by atoms with Crippen LogP contribution in [-0.2, 0) is 16.6 Å². The molecule has 2 aromatic heterocycles. The first-order valence-electron chi connectivity index (χ1n) is 9.13. The summed E-state index contributed by atoms with van der Waals surface area (Å²) in [6.07, 6.45) is 3.21. The van der Waals surface area contributed by atoms with E-state index in [0.29, 0.717) is 16.9 Å². The van der Waals surface area contributed by atoms with Gasteiger partial charge in [0.15, 0.2) is 0 Å². The average Bonchev–Trinajstić information content (AvgIpc) is 3.29. The summed E-state index contributed by atoms with van der Waals surface area (Å²) in [5.41, 5.74) is 1.75. The molecule has 0 saturated heterocycles. The van der Waals surface area contributed by atoms with Gasteiger partial charge < -0.3 is 9.15 Å². The molecule has 2 heterocycles. The number of rotatable bonds is 7. The lowest BCUT2D eigenvalue weighted by molar-refractivity contribution is 0.415. The summed E-state index contributed by atoms with van der Waals surface area (Å²) < 4.78 is 38.9. The molecule has 0 atom stereocenters. The number of nitrogens with one attached hydrogen (secondary N) is 1. The summed E-state index contributed by atoms with van der Waals surface area (Å²) in [5.74, 6) is 1.08. The summed E-state index contributed by atoms with van der Waals surface area (Å²) in [6.45, 7) is 0.107. The molecule has 4 rings (SSSR count). The van der Waals surface area contributed by atoms with Gasteiger partial charge in [0.1, 0.15) is 5.75 Å². The molecule has 10 heteroatoms. The number of nitrogens with zero attached hydrogens (tertiary/aromatic N) is 3. The summed E-state index contributed by atoms with van der Waals surface area (Å²) in [5, 5.41) is 8.35. The van der Waals surface area contributed by atoms with Crippen LogP contribution in [0.3, 0.4) is 0 Å². The quantitative estimate of drug-likeness (QED) is 0.448. The average molecular weight is 457 g/mol. The fourth-order valence-corrected chi connectivity index (χ4v) is 4.02. The first-order valence-corrected chi connectivity index (χ1v) is 11.0. The van der Waals surface area contributed by atoms with Crippen LogP contribution in [0.5, 0.6) is 5.75 Å². The highest BCUT2D eigenvalue weighted by Crippen LogP contribution is 2.31. The van der Waals surface area contributed by atoms with Crippen molar-refractivity contribution in [2.75, 3.05) is 7.11 Å². The summed E-state index contributed by atoms with van der Waals surface area (Å²) in [4.78, 5) is 4.00. The van der Waals surface area contributed by atoms with Crippen LogP contribution < -0.4 is 9.46 Å². The lowest BCUT2D eigenvalue weighted by atomic mass is 10.2. The largest absolute Gasteiger partial charge is 0.497 e. The van der Waals surface area contributed by atoms with E-state index in [1.54, 1.807) is 55.9 Å². The Hall–Kier alpha value is -3.27. The number of methoxy groups -OCH3 is 1. The molecular formula is C21H17ClN4O4S. The van der Waals surface area contributed by atoms with E-state index in [-0.39, 0.29) is 28.2 Å². The fraction of sp³-hybridized carbons (Fsp3) is 0.0952. The van der Waals surface area contributed by atoms with E-state index in [0.717, 1.165) is 5.56 Å². The van der Waals surface area contributed by atoms with Crippen LogP contribution >= 0.6 is 11.6 Å². The topological polar surface area (TPSA) is 107 Å². The molecule has 0 spiro atoms. The molecule has 1 N–H and O–H groups in total. The van der Waals surface area contributed by atoms with Crippen LogP contribution in [0.15, 0.2) is 76.3 Å². The van der Waals surface area contributed by atoms with Gasteiger partial charge in [0, 0.05) is 24.5 Å². The van der Waals surface area contributed by atoms with E-state index < -0.39 is 10.0 Å². The van der Waals surface area contributed by atoms with Crippen LogP contribution in [0.4, 0.5) is 0 Å². The van der Waals surface area contributed by atoms with Gasteiger partial charge in [-0.15, -0.1) is 10.2 Å². The monoisotopic (exact) mass is 456 g/mol. The van der Waals surface area contributed by atoms with Crippen molar-refractivity contribution >= 4 is 21.6 Å². The number of pyridine rings is 1. The van der Waals surface area contributed by atoms with E-state index in [2.05, 4.69) is 19.9 Å². The zero-order valence-electron chi connectivity index (χ0n) is 16.3. The maximum atomic E-state index is 12.7. The second-order valence-corrected chi connectivity index (χ2v) is 8.64. The highest BCUT2D eigenvalue weighted by atomic mass is 35.5. The van der Waals surface area contributed by atoms with E-state index in [4.69, 9.17) is 20.8 Å². The van der Waals surface area contributed by atoms with Gasteiger partial charge in [0.2, 0.25) is 21.8 Å². The van der Waals surface area contributed by atoms with E-state index in [9.17, 15) is 8.42 Å². The van der Waals surface area contributed by atoms with Gasteiger partial charge in [0.05, 0.1) is 22.6 Å². The summed E-state index contributed by atoms with van der Waals surface area (Å²) in [6, 6.07) is 14.9. The zero-order valence-corrected chi connectivity index (χ0v) is 17.9. The van der Waals surface area contributed by atoms with E-state index in [1.165, 1.54) is 18.2 Å². The molecule has 0 aliphatic rings. The Kier molecular flexibility index (Phi) is 5.99. The lowest BCUT2D eigenvalue weighted by Crippen LogP contribution is -2.23. The normalized spacial score (nSPS) is 11.4. The standard InChI is InChI=1S/C21H17ClN4O4S/c1-29-16-6-4-15(5-7-16)20-25-26-21(30-20)18-11-17(8-9-19(18)22)31(27,28)24-13-14-3-2-10-23-12-14/h2-12,24H,13H2,1H3. The molecule has 0 radical (unpaired) electrons. The molecule has 0 fully saturated rings. The molecule has 0 saturated carbocycles. The minimum absolute atomic E-state index is 0.0278. The van der Waals surface area contributed by atoms with Crippen molar-refractivity contribution in [1.29, 1.82) is 0 Å². The molecule has 0 bridgehead atoms. The smallest absolute Gasteiger partial charge is 0.249 e. The Morgan fingerprint density at radius 1 is 1.06 bits per heavy atom. The van der Waals surface area contributed by atoms with Crippen LogP contribution in [-0.4, -0.2) is 30.7 Å². The van der Waals surface area contributed by atoms with Crippen molar-refractivity contribution in [1.82, 2.24) is 19.9 Å².